The highest BCUT2D eigenvalue weighted by Crippen LogP contribution is 2.39. The second-order valence-corrected chi connectivity index (χ2v) is 8.65. The normalized spacial score (nSPS) is 21.4. The molecule has 2 aliphatic heterocycles. The number of thioether (sulfide) groups is 1. The Hall–Kier alpha value is -1.09. The number of ether oxygens (including phenoxy) is 3. The molecule has 8 heteroatoms. The number of hydrogen-bond donors (Lipinski definition) is 0. The van der Waals surface area contributed by atoms with Crippen LogP contribution in [0.5, 0.6) is 11.5 Å². The Kier molecular flexibility index (Phi) is 7.19. The lowest BCUT2D eigenvalue weighted by molar-refractivity contribution is -0.123. The number of amides is 1. The molecular weight excluding hydrogens is 450 g/mol. The van der Waals surface area contributed by atoms with E-state index in [4.69, 9.17) is 26.4 Å². The maximum atomic E-state index is 12.8. The van der Waals surface area contributed by atoms with Crippen molar-refractivity contribution in [2.24, 2.45) is 0 Å². The molecule has 2 fully saturated rings. The molecule has 0 N–H and O–H groups in total. The molecule has 3 rings (SSSR count). The van der Waals surface area contributed by atoms with E-state index in [9.17, 15) is 4.79 Å². The molecule has 146 valence electrons. The molecule has 2 saturated heterocycles. The standard InChI is InChI=1S/C19H22BrNO4S2/c1-3-23-15-9-12(8-14(20)17(15)24-4-2)10-16-18(22)21(19(26)27-16)11-13-6-5-7-25-13/h8-10,13H,3-7,11H2,1-2H3/b16-10-/t13-/m1/s1. The minimum Gasteiger partial charge on any atom is -0.490 e. The molecule has 0 spiro atoms. The van der Waals surface area contributed by atoms with Crippen LogP contribution in [0.15, 0.2) is 21.5 Å². The van der Waals surface area contributed by atoms with Gasteiger partial charge in [-0.15, -0.1) is 0 Å². The summed E-state index contributed by atoms with van der Waals surface area (Å²) in [6, 6.07) is 3.80. The number of hydrogen-bond acceptors (Lipinski definition) is 6. The zero-order chi connectivity index (χ0) is 19.4. The van der Waals surface area contributed by atoms with Gasteiger partial charge in [-0.05, 0) is 66.4 Å². The fourth-order valence-electron chi connectivity index (χ4n) is 3.02. The predicted molar refractivity (Wildman–Crippen MR) is 115 cm³/mol. The van der Waals surface area contributed by atoms with Crippen LogP contribution in [0.4, 0.5) is 0 Å². The van der Waals surface area contributed by atoms with Gasteiger partial charge in [0, 0.05) is 6.61 Å². The molecular formula is C19H22BrNO4S2. The quantitative estimate of drug-likeness (QED) is 0.426. The van der Waals surface area contributed by atoms with Crippen LogP contribution < -0.4 is 9.47 Å². The zero-order valence-electron chi connectivity index (χ0n) is 15.3. The smallest absolute Gasteiger partial charge is 0.266 e. The number of halogens is 1. The summed E-state index contributed by atoms with van der Waals surface area (Å²) in [7, 11) is 0. The number of carbonyl (C=O) groups is 1. The highest BCUT2D eigenvalue weighted by atomic mass is 79.9. The highest BCUT2D eigenvalue weighted by Gasteiger charge is 2.34. The molecule has 1 aromatic carbocycles. The van der Waals surface area contributed by atoms with E-state index in [-0.39, 0.29) is 12.0 Å². The molecule has 0 aromatic heterocycles. The van der Waals surface area contributed by atoms with Gasteiger partial charge in [0.05, 0.1) is 35.2 Å². The maximum Gasteiger partial charge on any atom is 0.266 e. The van der Waals surface area contributed by atoms with Crippen molar-refractivity contribution < 1.29 is 19.0 Å². The monoisotopic (exact) mass is 471 g/mol. The largest absolute Gasteiger partial charge is 0.490 e. The molecule has 0 bridgehead atoms. The van der Waals surface area contributed by atoms with Crippen LogP contribution in [-0.2, 0) is 9.53 Å². The Labute approximate surface area is 177 Å². The number of carbonyl (C=O) groups excluding carboxylic acids is 1. The number of rotatable bonds is 7. The Morgan fingerprint density at radius 1 is 1.37 bits per heavy atom. The van der Waals surface area contributed by atoms with Crippen molar-refractivity contribution in [2.75, 3.05) is 26.4 Å². The van der Waals surface area contributed by atoms with Gasteiger partial charge in [0.2, 0.25) is 0 Å². The molecule has 0 radical (unpaired) electrons. The Morgan fingerprint density at radius 2 is 2.15 bits per heavy atom. The molecule has 27 heavy (non-hydrogen) atoms. The fourth-order valence-corrected chi connectivity index (χ4v) is 4.87. The predicted octanol–water partition coefficient (Wildman–Crippen LogP) is 4.63. The molecule has 2 aliphatic rings. The Morgan fingerprint density at radius 3 is 2.81 bits per heavy atom. The number of nitrogens with zero attached hydrogens (tertiary/aromatic N) is 1. The van der Waals surface area contributed by atoms with Gasteiger partial charge in [-0.1, -0.05) is 24.0 Å². The minimum atomic E-state index is -0.0662. The molecule has 1 aromatic rings. The summed E-state index contributed by atoms with van der Waals surface area (Å²) in [6.07, 6.45) is 3.93. The molecule has 0 aliphatic carbocycles. The molecule has 0 unspecified atom stereocenters. The van der Waals surface area contributed by atoms with Gasteiger partial charge in [-0.25, -0.2) is 0 Å². The van der Waals surface area contributed by atoms with E-state index in [1.807, 2.05) is 32.1 Å². The summed E-state index contributed by atoms with van der Waals surface area (Å²) in [5.41, 5.74) is 0.853. The first-order valence-electron chi connectivity index (χ1n) is 8.99. The van der Waals surface area contributed by atoms with Gasteiger partial charge in [0.15, 0.2) is 11.5 Å². The maximum absolute atomic E-state index is 12.8. The van der Waals surface area contributed by atoms with Gasteiger partial charge in [0.1, 0.15) is 4.32 Å². The van der Waals surface area contributed by atoms with Gasteiger partial charge in [-0.2, -0.15) is 0 Å². The van der Waals surface area contributed by atoms with Crippen LogP contribution in [0.2, 0.25) is 0 Å². The summed E-state index contributed by atoms with van der Waals surface area (Å²) in [6.45, 7) is 6.20. The lowest BCUT2D eigenvalue weighted by Gasteiger charge is -2.18. The first-order chi connectivity index (χ1) is 13.0. The summed E-state index contributed by atoms with van der Waals surface area (Å²) >= 11 is 10.3. The van der Waals surface area contributed by atoms with E-state index in [1.54, 1.807) is 4.90 Å². The van der Waals surface area contributed by atoms with Crippen LogP contribution in [0.25, 0.3) is 6.08 Å². The van der Waals surface area contributed by atoms with Crippen molar-refractivity contribution in [3.63, 3.8) is 0 Å². The van der Waals surface area contributed by atoms with Crippen LogP contribution >= 0.6 is 39.9 Å². The van der Waals surface area contributed by atoms with Gasteiger partial charge >= 0.3 is 0 Å². The van der Waals surface area contributed by atoms with Crippen molar-refractivity contribution in [1.29, 1.82) is 0 Å². The first-order valence-corrected chi connectivity index (χ1v) is 11.0. The third kappa shape index (κ3) is 4.85. The average Bonchev–Trinajstić information content (AvgIpc) is 3.23. The number of benzene rings is 1. The second kappa shape index (κ2) is 9.41. The fraction of sp³-hybridized carbons (Fsp3) is 0.474. The molecule has 2 heterocycles. The van der Waals surface area contributed by atoms with Gasteiger partial charge in [0.25, 0.3) is 5.91 Å². The molecule has 5 nitrogen and oxygen atoms in total. The highest BCUT2D eigenvalue weighted by molar-refractivity contribution is 9.10. The summed E-state index contributed by atoms with van der Waals surface area (Å²) < 4.78 is 18.4. The van der Waals surface area contributed by atoms with E-state index >= 15 is 0 Å². The summed E-state index contributed by atoms with van der Waals surface area (Å²) in [4.78, 5) is 15.1. The minimum absolute atomic E-state index is 0.0662. The average molecular weight is 472 g/mol. The lowest BCUT2D eigenvalue weighted by atomic mass is 10.1. The zero-order valence-corrected chi connectivity index (χ0v) is 18.5. The summed E-state index contributed by atoms with van der Waals surface area (Å²) in [5.74, 6) is 1.25. The van der Waals surface area contributed by atoms with E-state index in [0.29, 0.717) is 40.5 Å². The molecule has 0 saturated carbocycles. The third-order valence-corrected chi connectivity index (χ3v) is 6.17. The van der Waals surface area contributed by atoms with Crippen molar-refractivity contribution in [1.82, 2.24) is 4.90 Å². The van der Waals surface area contributed by atoms with E-state index in [0.717, 1.165) is 29.5 Å². The van der Waals surface area contributed by atoms with E-state index in [1.165, 1.54) is 11.8 Å². The van der Waals surface area contributed by atoms with Crippen molar-refractivity contribution in [3.8, 4) is 11.5 Å². The van der Waals surface area contributed by atoms with Crippen LogP contribution in [0.3, 0.4) is 0 Å². The molecule has 1 atom stereocenters. The Balaban J connectivity index is 1.83. The van der Waals surface area contributed by atoms with Gasteiger partial charge in [-0.3, -0.25) is 9.69 Å². The Bertz CT molecular complexity index is 762. The topological polar surface area (TPSA) is 48.0 Å². The van der Waals surface area contributed by atoms with Crippen LogP contribution in [0.1, 0.15) is 32.3 Å². The second-order valence-electron chi connectivity index (χ2n) is 6.12. The van der Waals surface area contributed by atoms with Crippen LogP contribution in [0, 0.1) is 0 Å². The number of thiocarbonyl (C=S) groups is 1. The molecule has 1 amide bonds. The summed E-state index contributed by atoms with van der Waals surface area (Å²) in [5, 5.41) is 0. The van der Waals surface area contributed by atoms with E-state index in [2.05, 4.69) is 15.9 Å². The van der Waals surface area contributed by atoms with Gasteiger partial charge < -0.3 is 14.2 Å². The van der Waals surface area contributed by atoms with Crippen LogP contribution in [-0.4, -0.2) is 47.6 Å². The first kappa shape index (κ1) is 20.6. The SMILES string of the molecule is CCOc1cc(/C=C2\SC(=S)N(C[C@H]3CCCO3)C2=O)cc(Br)c1OCC. The lowest BCUT2D eigenvalue weighted by Crippen LogP contribution is -2.35. The van der Waals surface area contributed by atoms with Crippen molar-refractivity contribution in [3.05, 3.63) is 27.1 Å². The van der Waals surface area contributed by atoms with Crippen molar-refractivity contribution in [2.45, 2.75) is 32.8 Å². The third-order valence-electron chi connectivity index (χ3n) is 4.20. The van der Waals surface area contributed by atoms with Crippen molar-refractivity contribution >= 4 is 56.2 Å². The van der Waals surface area contributed by atoms with E-state index < -0.39 is 0 Å².